The molecule has 0 fully saturated rings. The van der Waals surface area contributed by atoms with Gasteiger partial charge in [-0.1, -0.05) is 17.7 Å². The summed E-state index contributed by atoms with van der Waals surface area (Å²) in [6.07, 6.45) is 1.69. The van der Waals surface area contributed by atoms with Crippen LogP contribution in [0.2, 0.25) is 0 Å². The Labute approximate surface area is 161 Å². The van der Waals surface area contributed by atoms with Crippen LogP contribution in [0.4, 0.5) is 5.69 Å². The molecular formula is C21H26N2O3S. The fourth-order valence-corrected chi connectivity index (χ4v) is 5.07. The highest BCUT2D eigenvalue weighted by molar-refractivity contribution is 7.92. The van der Waals surface area contributed by atoms with E-state index in [2.05, 4.69) is 6.07 Å². The van der Waals surface area contributed by atoms with Crippen molar-refractivity contribution < 1.29 is 13.2 Å². The molecule has 0 spiro atoms. The predicted molar refractivity (Wildman–Crippen MR) is 108 cm³/mol. The van der Waals surface area contributed by atoms with Crippen LogP contribution in [0.15, 0.2) is 47.4 Å². The first-order valence-electron chi connectivity index (χ1n) is 9.40. The van der Waals surface area contributed by atoms with Crippen molar-refractivity contribution in [3.63, 3.8) is 0 Å². The molecule has 5 nitrogen and oxygen atoms in total. The van der Waals surface area contributed by atoms with Gasteiger partial charge in [0.15, 0.2) is 0 Å². The second-order valence-corrected chi connectivity index (χ2v) is 8.68. The summed E-state index contributed by atoms with van der Waals surface area (Å²) in [6, 6.07) is 12.2. The smallest absolute Gasteiger partial charge is 0.264 e. The number of hydrogen-bond donors (Lipinski definition) is 0. The quantitative estimate of drug-likeness (QED) is 0.789. The first-order chi connectivity index (χ1) is 12.9. The lowest BCUT2D eigenvalue weighted by atomic mass is 10.0. The first-order valence-corrected chi connectivity index (χ1v) is 10.8. The lowest BCUT2D eigenvalue weighted by molar-refractivity contribution is 0.0773. The van der Waals surface area contributed by atoms with Crippen LogP contribution in [0.1, 0.15) is 41.8 Å². The number of rotatable bonds is 5. The van der Waals surface area contributed by atoms with Gasteiger partial charge in [-0.3, -0.25) is 9.10 Å². The van der Waals surface area contributed by atoms with E-state index in [1.54, 1.807) is 17.0 Å². The Morgan fingerprint density at radius 2 is 1.74 bits per heavy atom. The number of fused-ring (bicyclic) bond motifs is 1. The normalized spacial score (nSPS) is 14.0. The van der Waals surface area contributed by atoms with Gasteiger partial charge in [-0.05, 0) is 69.5 Å². The van der Waals surface area contributed by atoms with Crippen LogP contribution in [0.5, 0.6) is 0 Å². The Hall–Kier alpha value is -2.34. The molecule has 0 saturated carbocycles. The number of carbonyl (C=O) groups excluding carboxylic acids is 1. The van der Waals surface area contributed by atoms with E-state index in [1.165, 1.54) is 16.4 Å². The highest BCUT2D eigenvalue weighted by Crippen LogP contribution is 2.32. The summed E-state index contributed by atoms with van der Waals surface area (Å²) in [5.74, 6) is -0.0808. The summed E-state index contributed by atoms with van der Waals surface area (Å²) in [4.78, 5) is 14.4. The molecule has 0 radical (unpaired) electrons. The maximum atomic E-state index is 13.2. The number of carbonyl (C=O) groups is 1. The summed E-state index contributed by atoms with van der Waals surface area (Å²) in [5.41, 5.74) is 3.47. The fourth-order valence-electron chi connectivity index (χ4n) is 3.53. The molecule has 0 saturated heterocycles. The van der Waals surface area contributed by atoms with E-state index in [4.69, 9.17) is 0 Å². The molecule has 0 bridgehead atoms. The van der Waals surface area contributed by atoms with Gasteiger partial charge >= 0.3 is 0 Å². The molecule has 27 heavy (non-hydrogen) atoms. The van der Waals surface area contributed by atoms with Crippen LogP contribution in [-0.4, -0.2) is 38.9 Å². The van der Waals surface area contributed by atoms with E-state index >= 15 is 0 Å². The van der Waals surface area contributed by atoms with Crippen LogP contribution >= 0.6 is 0 Å². The molecule has 0 aromatic heterocycles. The number of nitrogens with zero attached hydrogens (tertiary/aromatic N) is 2. The molecule has 0 atom stereocenters. The molecule has 2 aromatic rings. The summed E-state index contributed by atoms with van der Waals surface area (Å²) >= 11 is 0. The topological polar surface area (TPSA) is 57.7 Å². The Balaban J connectivity index is 1.92. The highest BCUT2D eigenvalue weighted by atomic mass is 32.2. The molecule has 144 valence electrons. The number of benzene rings is 2. The van der Waals surface area contributed by atoms with Gasteiger partial charge in [0, 0.05) is 25.2 Å². The molecule has 3 rings (SSSR count). The average molecular weight is 387 g/mol. The van der Waals surface area contributed by atoms with Crippen molar-refractivity contribution in [3.8, 4) is 0 Å². The van der Waals surface area contributed by atoms with Crippen molar-refractivity contribution in [2.24, 2.45) is 0 Å². The van der Waals surface area contributed by atoms with Crippen molar-refractivity contribution in [2.75, 3.05) is 23.9 Å². The zero-order valence-electron chi connectivity index (χ0n) is 16.1. The van der Waals surface area contributed by atoms with Gasteiger partial charge in [-0.25, -0.2) is 8.42 Å². The number of sulfonamides is 1. The maximum Gasteiger partial charge on any atom is 0.264 e. The molecular weight excluding hydrogens is 360 g/mol. The average Bonchev–Trinajstić information content (AvgIpc) is 2.68. The predicted octanol–water partition coefficient (Wildman–Crippen LogP) is 3.62. The van der Waals surface area contributed by atoms with Gasteiger partial charge in [0.05, 0.1) is 10.6 Å². The van der Waals surface area contributed by atoms with Crippen LogP contribution in [-0.2, 0) is 16.4 Å². The van der Waals surface area contributed by atoms with Crippen molar-refractivity contribution in [2.45, 2.75) is 38.5 Å². The highest BCUT2D eigenvalue weighted by Gasteiger charge is 2.29. The first kappa shape index (κ1) is 19.4. The van der Waals surface area contributed by atoms with Gasteiger partial charge in [0.25, 0.3) is 15.9 Å². The van der Waals surface area contributed by atoms with E-state index in [0.29, 0.717) is 25.2 Å². The van der Waals surface area contributed by atoms with Crippen molar-refractivity contribution in [1.82, 2.24) is 4.90 Å². The van der Waals surface area contributed by atoms with E-state index in [-0.39, 0.29) is 10.8 Å². The third-order valence-electron chi connectivity index (χ3n) is 5.05. The lowest BCUT2D eigenvalue weighted by Gasteiger charge is -2.30. The minimum Gasteiger partial charge on any atom is -0.339 e. The van der Waals surface area contributed by atoms with Crippen LogP contribution in [0, 0.1) is 6.92 Å². The Bertz CT molecular complexity index is 932. The molecule has 0 N–H and O–H groups in total. The standard InChI is InChI=1S/C21H26N2O3S/c1-4-22(5-2)21(24)17-9-11-19(12-10-17)27(25,26)23-14-6-7-18-15-16(3)8-13-20(18)23/h8-13,15H,4-7,14H2,1-3H3. The molecule has 6 heteroatoms. The second-order valence-electron chi connectivity index (χ2n) is 6.81. The van der Waals surface area contributed by atoms with Gasteiger partial charge in [0.2, 0.25) is 0 Å². The minimum absolute atomic E-state index is 0.0808. The van der Waals surface area contributed by atoms with Crippen molar-refractivity contribution in [1.29, 1.82) is 0 Å². The molecule has 1 aliphatic rings. The molecule has 1 aliphatic heterocycles. The van der Waals surface area contributed by atoms with E-state index in [9.17, 15) is 13.2 Å². The summed E-state index contributed by atoms with van der Waals surface area (Å²) in [5, 5.41) is 0. The number of anilines is 1. The van der Waals surface area contributed by atoms with Gasteiger partial charge in [0.1, 0.15) is 0 Å². The van der Waals surface area contributed by atoms with Gasteiger partial charge < -0.3 is 4.90 Å². The lowest BCUT2D eigenvalue weighted by Crippen LogP contribution is -2.35. The van der Waals surface area contributed by atoms with Crippen LogP contribution < -0.4 is 4.31 Å². The fraction of sp³-hybridized carbons (Fsp3) is 0.381. The molecule has 0 unspecified atom stereocenters. The van der Waals surface area contributed by atoms with E-state index in [0.717, 1.165) is 29.7 Å². The molecule has 2 aromatic carbocycles. The van der Waals surface area contributed by atoms with Crippen LogP contribution in [0.25, 0.3) is 0 Å². The molecule has 1 amide bonds. The SMILES string of the molecule is CCN(CC)C(=O)c1ccc(S(=O)(=O)N2CCCc3cc(C)ccc32)cc1. The Morgan fingerprint density at radius 3 is 2.37 bits per heavy atom. The third-order valence-corrected chi connectivity index (χ3v) is 6.88. The maximum absolute atomic E-state index is 13.2. The number of amides is 1. The second kappa shape index (κ2) is 7.72. The summed E-state index contributed by atoms with van der Waals surface area (Å²) in [6.45, 7) is 7.59. The zero-order chi connectivity index (χ0) is 19.6. The third kappa shape index (κ3) is 3.72. The van der Waals surface area contributed by atoms with Crippen LogP contribution in [0.3, 0.4) is 0 Å². The Kier molecular flexibility index (Phi) is 5.56. The van der Waals surface area contributed by atoms with Crippen molar-refractivity contribution >= 4 is 21.6 Å². The number of aryl methyl sites for hydroxylation is 2. The summed E-state index contributed by atoms with van der Waals surface area (Å²) in [7, 11) is -3.65. The molecule has 0 aliphatic carbocycles. The monoisotopic (exact) mass is 386 g/mol. The van der Waals surface area contributed by atoms with Gasteiger partial charge in [-0.2, -0.15) is 0 Å². The van der Waals surface area contributed by atoms with E-state index in [1.807, 2.05) is 32.9 Å². The summed E-state index contributed by atoms with van der Waals surface area (Å²) < 4.78 is 27.9. The minimum atomic E-state index is -3.65. The zero-order valence-corrected chi connectivity index (χ0v) is 16.9. The van der Waals surface area contributed by atoms with Crippen molar-refractivity contribution in [3.05, 3.63) is 59.2 Å². The number of hydrogen-bond acceptors (Lipinski definition) is 3. The van der Waals surface area contributed by atoms with Gasteiger partial charge in [-0.15, -0.1) is 0 Å². The van der Waals surface area contributed by atoms with E-state index < -0.39 is 10.0 Å². The molecule has 1 heterocycles. The Morgan fingerprint density at radius 1 is 1.07 bits per heavy atom. The largest absolute Gasteiger partial charge is 0.339 e.